The zero-order valence-corrected chi connectivity index (χ0v) is 10.7. The van der Waals surface area contributed by atoms with Crippen molar-refractivity contribution in [3.8, 4) is 5.75 Å². The lowest BCUT2D eigenvalue weighted by Gasteiger charge is -2.08. The smallest absolute Gasteiger partial charge is 0.251 e. The molecule has 4 heteroatoms. The maximum atomic E-state index is 12.0. The normalized spacial score (nSPS) is 10.2. The predicted octanol–water partition coefficient (Wildman–Crippen LogP) is 2.21. The van der Waals surface area contributed by atoms with Gasteiger partial charge < -0.3 is 16.2 Å². The third-order valence-electron chi connectivity index (χ3n) is 2.95. The molecule has 0 saturated heterocycles. The summed E-state index contributed by atoms with van der Waals surface area (Å²) < 4.78 is 0. The van der Waals surface area contributed by atoms with Crippen molar-refractivity contribution in [2.75, 3.05) is 5.73 Å². The minimum atomic E-state index is -0.189. The van der Waals surface area contributed by atoms with Gasteiger partial charge in [-0.25, -0.2) is 0 Å². The lowest BCUT2D eigenvalue weighted by atomic mass is 10.1. The summed E-state index contributed by atoms with van der Waals surface area (Å²) in [6, 6.07) is 12.2. The Labute approximate surface area is 111 Å². The molecule has 0 atom stereocenters. The molecule has 98 valence electrons. The number of carbonyl (C=O) groups is 1. The molecule has 0 bridgehead atoms. The van der Waals surface area contributed by atoms with Crippen LogP contribution in [0, 0.1) is 6.92 Å². The van der Waals surface area contributed by atoms with E-state index in [2.05, 4.69) is 5.32 Å². The van der Waals surface area contributed by atoms with Crippen LogP contribution in [0.4, 0.5) is 5.69 Å². The van der Waals surface area contributed by atoms with Gasteiger partial charge in [-0.3, -0.25) is 4.79 Å². The topological polar surface area (TPSA) is 75.4 Å². The molecule has 0 aliphatic heterocycles. The molecule has 0 spiro atoms. The van der Waals surface area contributed by atoms with Gasteiger partial charge >= 0.3 is 0 Å². The molecule has 0 saturated carbocycles. The minimum Gasteiger partial charge on any atom is -0.508 e. The Morgan fingerprint density at radius 2 is 2.00 bits per heavy atom. The first-order valence-electron chi connectivity index (χ1n) is 5.99. The SMILES string of the molecule is Cc1cc(C(=O)NCc2ccccc2N)ccc1O. The van der Waals surface area contributed by atoms with Crippen molar-refractivity contribution in [3.05, 3.63) is 59.2 Å². The summed E-state index contributed by atoms with van der Waals surface area (Å²) in [5.41, 5.74) is 8.53. The number of rotatable bonds is 3. The van der Waals surface area contributed by atoms with Crippen LogP contribution in [0.15, 0.2) is 42.5 Å². The summed E-state index contributed by atoms with van der Waals surface area (Å²) in [6.45, 7) is 2.13. The van der Waals surface area contributed by atoms with E-state index in [1.165, 1.54) is 6.07 Å². The highest BCUT2D eigenvalue weighted by Crippen LogP contribution is 2.17. The van der Waals surface area contributed by atoms with E-state index in [0.29, 0.717) is 23.4 Å². The van der Waals surface area contributed by atoms with Crippen LogP contribution in [0.3, 0.4) is 0 Å². The van der Waals surface area contributed by atoms with Crippen LogP contribution in [0.25, 0.3) is 0 Å². The number of hydrogen-bond donors (Lipinski definition) is 3. The van der Waals surface area contributed by atoms with Crippen LogP contribution in [0.2, 0.25) is 0 Å². The Morgan fingerprint density at radius 1 is 1.26 bits per heavy atom. The van der Waals surface area contributed by atoms with Crippen molar-refractivity contribution in [2.45, 2.75) is 13.5 Å². The third-order valence-corrected chi connectivity index (χ3v) is 2.95. The fraction of sp³-hybridized carbons (Fsp3) is 0.133. The molecule has 2 rings (SSSR count). The highest BCUT2D eigenvalue weighted by atomic mass is 16.3. The Kier molecular flexibility index (Phi) is 3.71. The van der Waals surface area contributed by atoms with Gasteiger partial charge in [0.05, 0.1) is 0 Å². The van der Waals surface area contributed by atoms with Crippen molar-refractivity contribution in [1.82, 2.24) is 5.32 Å². The number of nitrogens with one attached hydrogen (secondary N) is 1. The molecule has 0 aliphatic rings. The van der Waals surface area contributed by atoms with Gasteiger partial charge in [-0.2, -0.15) is 0 Å². The summed E-state index contributed by atoms with van der Waals surface area (Å²) in [7, 11) is 0. The second kappa shape index (κ2) is 5.44. The Hall–Kier alpha value is -2.49. The molecule has 2 aromatic rings. The van der Waals surface area contributed by atoms with Crippen LogP contribution in [0.1, 0.15) is 21.5 Å². The third kappa shape index (κ3) is 3.04. The molecule has 1 amide bonds. The summed E-state index contributed by atoms with van der Waals surface area (Å²) in [4.78, 5) is 12.0. The van der Waals surface area contributed by atoms with E-state index in [0.717, 1.165) is 5.56 Å². The van der Waals surface area contributed by atoms with Crippen LogP contribution in [-0.2, 0) is 6.54 Å². The number of carbonyl (C=O) groups excluding carboxylic acids is 1. The van der Waals surface area contributed by atoms with Crippen molar-refractivity contribution >= 4 is 11.6 Å². The van der Waals surface area contributed by atoms with Gasteiger partial charge in [0, 0.05) is 17.8 Å². The number of aromatic hydroxyl groups is 1. The molecular formula is C15H16N2O2. The second-order valence-electron chi connectivity index (χ2n) is 4.38. The van der Waals surface area contributed by atoms with Gasteiger partial charge in [0.15, 0.2) is 0 Å². The molecule has 0 heterocycles. The van der Waals surface area contributed by atoms with Crippen LogP contribution >= 0.6 is 0 Å². The van der Waals surface area contributed by atoms with E-state index in [1.807, 2.05) is 18.2 Å². The largest absolute Gasteiger partial charge is 0.508 e. The number of phenols is 1. The molecule has 0 unspecified atom stereocenters. The fourth-order valence-corrected chi connectivity index (χ4v) is 1.77. The number of para-hydroxylation sites is 1. The molecular weight excluding hydrogens is 240 g/mol. The number of nitrogen functional groups attached to an aromatic ring is 1. The second-order valence-corrected chi connectivity index (χ2v) is 4.38. The van der Waals surface area contributed by atoms with Gasteiger partial charge in [-0.05, 0) is 42.3 Å². The average Bonchev–Trinajstić information content (AvgIpc) is 2.40. The predicted molar refractivity (Wildman–Crippen MR) is 74.9 cm³/mol. The first-order chi connectivity index (χ1) is 9.08. The number of nitrogens with two attached hydrogens (primary N) is 1. The average molecular weight is 256 g/mol. The highest BCUT2D eigenvalue weighted by Gasteiger charge is 2.07. The van der Waals surface area contributed by atoms with Crippen molar-refractivity contribution in [3.63, 3.8) is 0 Å². The van der Waals surface area contributed by atoms with E-state index in [-0.39, 0.29) is 11.7 Å². The summed E-state index contributed by atoms with van der Waals surface area (Å²) in [5.74, 6) is -0.00444. The van der Waals surface area contributed by atoms with Gasteiger partial charge in [0.1, 0.15) is 5.75 Å². The quantitative estimate of drug-likeness (QED) is 0.737. The standard InChI is InChI=1S/C15H16N2O2/c1-10-8-11(6-7-14(10)18)15(19)17-9-12-4-2-3-5-13(12)16/h2-8,18H,9,16H2,1H3,(H,17,19). The maximum Gasteiger partial charge on any atom is 0.251 e. The fourth-order valence-electron chi connectivity index (χ4n) is 1.77. The summed E-state index contributed by atoms with van der Waals surface area (Å²) in [6.07, 6.45) is 0. The minimum absolute atomic E-state index is 0.184. The zero-order valence-electron chi connectivity index (χ0n) is 10.7. The molecule has 2 aromatic carbocycles. The Balaban J connectivity index is 2.05. The number of benzene rings is 2. The van der Waals surface area contributed by atoms with Crippen LogP contribution < -0.4 is 11.1 Å². The van der Waals surface area contributed by atoms with Crippen molar-refractivity contribution in [2.24, 2.45) is 0 Å². The molecule has 0 aromatic heterocycles. The number of phenolic OH excluding ortho intramolecular Hbond substituents is 1. The molecule has 0 aliphatic carbocycles. The monoisotopic (exact) mass is 256 g/mol. The summed E-state index contributed by atoms with van der Waals surface area (Å²) in [5, 5.41) is 12.2. The molecule has 4 N–H and O–H groups in total. The van der Waals surface area contributed by atoms with Crippen molar-refractivity contribution < 1.29 is 9.90 Å². The molecule has 4 nitrogen and oxygen atoms in total. The van der Waals surface area contributed by atoms with E-state index >= 15 is 0 Å². The number of anilines is 1. The number of amides is 1. The Bertz CT molecular complexity index is 609. The highest BCUT2D eigenvalue weighted by molar-refractivity contribution is 5.94. The lowest BCUT2D eigenvalue weighted by molar-refractivity contribution is 0.0951. The van der Waals surface area contributed by atoms with E-state index in [4.69, 9.17) is 5.73 Å². The number of hydrogen-bond acceptors (Lipinski definition) is 3. The van der Waals surface area contributed by atoms with E-state index in [9.17, 15) is 9.90 Å². The maximum absolute atomic E-state index is 12.0. The zero-order chi connectivity index (χ0) is 13.8. The van der Waals surface area contributed by atoms with Gasteiger partial charge in [0.25, 0.3) is 5.91 Å². The molecule has 0 fully saturated rings. The summed E-state index contributed by atoms with van der Waals surface area (Å²) >= 11 is 0. The lowest BCUT2D eigenvalue weighted by Crippen LogP contribution is -2.23. The van der Waals surface area contributed by atoms with Gasteiger partial charge in [-0.15, -0.1) is 0 Å². The first kappa shape index (κ1) is 13.0. The number of aryl methyl sites for hydroxylation is 1. The van der Waals surface area contributed by atoms with E-state index in [1.54, 1.807) is 25.1 Å². The molecule has 0 radical (unpaired) electrons. The van der Waals surface area contributed by atoms with Crippen LogP contribution in [-0.4, -0.2) is 11.0 Å². The first-order valence-corrected chi connectivity index (χ1v) is 5.99. The van der Waals surface area contributed by atoms with Gasteiger partial charge in [0.2, 0.25) is 0 Å². The molecule has 19 heavy (non-hydrogen) atoms. The van der Waals surface area contributed by atoms with Crippen molar-refractivity contribution in [1.29, 1.82) is 0 Å². The van der Waals surface area contributed by atoms with Crippen LogP contribution in [0.5, 0.6) is 5.75 Å². The Morgan fingerprint density at radius 3 is 2.68 bits per heavy atom. The van der Waals surface area contributed by atoms with Gasteiger partial charge in [-0.1, -0.05) is 18.2 Å². The van der Waals surface area contributed by atoms with E-state index < -0.39 is 0 Å².